The zero-order chi connectivity index (χ0) is 24.9. The topological polar surface area (TPSA) is 84.0 Å². The van der Waals surface area contributed by atoms with Gasteiger partial charge >= 0.3 is 5.97 Å². The Hall–Kier alpha value is -3.97. The molecule has 3 amide bonds. The van der Waals surface area contributed by atoms with Crippen LogP contribution >= 0.6 is 11.6 Å². The van der Waals surface area contributed by atoms with Crippen LogP contribution in [-0.4, -0.2) is 30.2 Å². The van der Waals surface area contributed by atoms with Gasteiger partial charge in [0.25, 0.3) is 11.8 Å². The van der Waals surface area contributed by atoms with Crippen molar-refractivity contribution >= 4 is 46.7 Å². The monoisotopic (exact) mass is 488 g/mol. The lowest BCUT2D eigenvalue weighted by Crippen LogP contribution is -2.30. The molecule has 1 fully saturated rings. The second kappa shape index (κ2) is 8.67. The number of ether oxygens (including phenoxy) is 1. The Bertz CT molecular complexity index is 1380. The summed E-state index contributed by atoms with van der Waals surface area (Å²) in [6, 6.07) is 16.7. The van der Waals surface area contributed by atoms with Crippen molar-refractivity contribution in [1.82, 2.24) is 0 Å². The van der Waals surface area contributed by atoms with Crippen molar-refractivity contribution in [2.24, 2.45) is 5.92 Å². The maximum atomic E-state index is 12.8. The van der Waals surface area contributed by atoms with Crippen molar-refractivity contribution < 1.29 is 23.9 Å². The van der Waals surface area contributed by atoms with Crippen LogP contribution in [0.15, 0.2) is 60.7 Å². The van der Waals surface area contributed by atoms with E-state index < -0.39 is 11.9 Å². The summed E-state index contributed by atoms with van der Waals surface area (Å²) < 4.78 is 5.57. The Kier molecular flexibility index (Phi) is 5.65. The minimum absolute atomic E-state index is 0.0386. The molecule has 7 nitrogen and oxygen atoms in total. The minimum Gasteiger partial charge on any atom is -0.426 e. The molecule has 0 N–H and O–H groups in total. The predicted octanol–water partition coefficient (Wildman–Crippen LogP) is 4.72. The van der Waals surface area contributed by atoms with Gasteiger partial charge in [0.2, 0.25) is 5.91 Å². The number of aryl methyl sites for hydroxylation is 1. The lowest BCUT2D eigenvalue weighted by Gasteiger charge is -2.20. The molecule has 0 bridgehead atoms. The van der Waals surface area contributed by atoms with Gasteiger partial charge in [-0.2, -0.15) is 0 Å². The van der Waals surface area contributed by atoms with E-state index in [4.69, 9.17) is 16.3 Å². The maximum Gasteiger partial charge on any atom is 0.316 e. The average molecular weight is 489 g/mol. The van der Waals surface area contributed by atoms with Gasteiger partial charge in [0.1, 0.15) is 5.75 Å². The van der Waals surface area contributed by atoms with Gasteiger partial charge in [-0.05, 0) is 67.4 Å². The van der Waals surface area contributed by atoms with Crippen molar-refractivity contribution in [1.29, 1.82) is 0 Å². The van der Waals surface area contributed by atoms with Gasteiger partial charge in [-0.15, -0.1) is 0 Å². The number of benzene rings is 3. The number of anilines is 2. The molecule has 2 heterocycles. The summed E-state index contributed by atoms with van der Waals surface area (Å²) in [5, 5.41) is 0.551. The smallest absolute Gasteiger partial charge is 0.316 e. The predicted molar refractivity (Wildman–Crippen MR) is 131 cm³/mol. The molecule has 0 unspecified atom stereocenters. The lowest BCUT2D eigenvalue weighted by molar-refractivity contribution is -0.139. The number of amides is 3. The normalized spacial score (nSPS) is 17.2. The standard InChI is InChI=1S/C27H21ClN2O5/c1-15-12-18(10-11-22(15)30-25(32)19-6-3-4-7-20(19)26(30)33)35-27(34)17-13-24(31)29(14-17)23-9-5-8-21(28)16(23)2/h3-12,17H,13-14H2,1-2H3/t17-/m1/s1. The fraction of sp³-hybridized carbons (Fsp3) is 0.185. The molecule has 0 spiro atoms. The molecule has 8 heteroatoms. The van der Waals surface area contributed by atoms with E-state index in [1.54, 1.807) is 72.5 Å². The summed E-state index contributed by atoms with van der Waals surface area (Å²) in [7, 11) is 0. The molecule has 2 aliphatic heterocycles. The Balaban J connectivity index is 1.31. The van der Waals surface area contributed by atoms with Crippen molar-refractivity contribution in [3.8, 4) is 5.75 Å². The summed E-state index contributed by atoms with van der Waals surface area (Å²) in [6.45, 7) is 3.76. The Labute approximate surface area is 206 Å². The summed E-state index contributed by atoms with van der Waals surface area (Å²) in [5.74, 6) is -1.82. The molecular weight excluding hydrogens is 468 g/mol. The summed E-state index contributed by atoms with van der Waals surface area (Å²) in [5.41, 5.74) is 3.20. The molecule has 5 rings (SSSR count). The fourth-order valence-electron chi connectivity index (χ4n) is 4.54. The van der Waals surface area contributed by atoms with E-state index in [1.807, 2.05) is 6.92 Å². The number of carbonyl (C=O) groups is 4. The molecular formula is C27H21ClN2O5. The van der Waals surface area contributed by atoms with E-state index in [-0.39, 0.29) is 36.4 Å². The third-order valence-corrected chi connectivity index (χ3v) is 6.82. The molecule has 35 heavy (non-hydrogen) atoms. The molecule has 1 saturated heterocycles. The largest absolute Gasteiger partial charge is 0.426 e. The van der Waals surface area contributed by atoms with Crippen LogP contribution in [0.2, 0.25) is 5.02 Å². The highest BCUT2D eigenvalue weighted by Gasteiger charge is 2.38. The zero-order valence-electron chi connectivity index (χ0n) is 19.1. The number of nitrogens with zero attached hydrogens (tertiary/aromatic N) is 2. The van der Waals surface area contributed by atoms with Crippen LogP contribution in [0.4, 0.5) is 11.4 Å². The Morgan fingerprint density at radius 2 is 1.60 bits per heavy atom. The number of hydrogen-bond acceptors (Lipinski definition) is 5. The second-order valence-corrected chi connectivity index (χ2v) is 9.06. The van der Waals surface area contributed by atoms with E-state index in [9.17, 15) is 19.2 Å². The van der Waals surface area contributed by atoms with Gasteiger partial charge in [0, 0.05) is 23.7 Å². The van der Waals surface area contributed by atoms with E-state index >= 15 is 0 Å². The van der Waals surface area contributed by atoms with E-state index in [2.05, 4.69) is 0 Å². The van der Waals surface area contributed by atoms with Crippen LogP contribution in [0.5, 0.6) is 5.75 Å². The zero-order valence-corrected chi connectivity index (χ0v) is 19.8. The van der Waals surface area contributed by atoms with Crippen LogP contribution in [0, 0.1) is 19.8 Å². The minimum atomic E-state index is -0.628. The molecule has 1 atom stereocenters. The molecule has 0 aromatic heterocycles. The van der Waals surface area contributed by atoms with Gasteiger partial charge in [-0.25, -0.2) is 4.90 Å². The van der Waals surface area contributed by atoms with Crippen LogP contribution < -0.4 is 14.5 Å². The number of imide groups is 1. The van der Waals surface area contributed by atoms with E-state index in [0.717, 1.165) is 10.5 Å². The van der Waals surface area contributed by atoms with Crippen molar-refractivity contribution in [3.05, 3.63) is 87.9 Å². The van der Waals surface area contributed by atoms with E-state index in [0.29, 0.717) is 33.1 Å². The Morgan fingerprint density at radius 1 is 0.914 bits per heavy atom. The SMILES string of the molecule is Cc1cc(OC(=O)[C@@H]2CC(=O)N(c3cccc(Cl)c3C)C2)ccc1N1C(=O)c2ccccc2C1=O. The first kappa shape index (κ1) is 22.8. The lowest BCUT2D eigenvalue weighted by atomic mass is 10.1. The number of halogens is 1. The van der Waals surface area contributed by atoms with Crippen molar-refractivity contribution in [2.45, 2.75) is 20.3 Å². The first-order valence-electron chi connectivity index (χ1n) is 11.1. The third kappa shape index (κ3) is 3.88. The highest BCUT2D eigenvalue weighted by Crippen LogP contribution is 2.34. The third-order valence-electron chi connectivity index (χ3n) is 6.41. The highest BCUT2D eigenvalue weighted by atomic mass is 35.5. The van der Waals surface area contributed by atoms with Crippen LogP contribution in [0.1, 0.15) is 38.3 Å². The van der Waals surface area contributed by atoms with Crippen molar-refractivity contribution in [3.63, 3.8) is 0 Å². The van der Waals surface area contributed by atoms with Crippen LogP contribution in [0.25, 0.3) is 0 Å². The van der Waals surface area contributed by atoms with Crippen LogP contribution in [0.3, 0.4) is 0 Å². The van der Waals surface area contributed by atoms with E-state index in [1.165, 1.54) is 0 Å². The summed E-state index contributed by atoms with van der Waals surface area (Å²) in [4.78, 5) is 53.7. The molecule has 3 aromatic carbocycles. The second-order valence-electron chi connectivity index (χ2n) is 8.65. The number of rotatable bonds is 4. The van der Waals surface area contributed by atoms with Gasteiger partial charge in [-0.3, -0.25) is 19.2 Å². The maximum absolute atomic E-state index is 12.8. The number of carbonyl (C=O) groups excluding carboxylic acids is 4. The Morgan fingerprint density at radius 3 is 2.26 bits per heavy atom. The number of hydrogen-bond donors (Lipinski definition) is 0. The molecule has 0 aliphatic carbocycles. The molecule has 2 aliphatic rings. The van der Waals surface area contributed by atoms with Gasteiger partial charge in [-0.1, -0.05) is 29.8 Å². The molecule has 0 radical (unpaired) electrons. The van der Waals surface area contributed by atoms with Gasteiger partial charge in [0.05, 0.1) is 22.7 Å². The quantitative estimate of drug-likeness (QED) is 0.301. The fourth-order valence-corrected chi connectivity index (χ4v) is 4.71. The summed E-state index contributed by atoms with van der Waals surface area (Å²) in [6.07, 6.45) is 0.0386. The van der Waals surface area contributed by atoms with Gasteiger partial charge in [0.15, 0.2) is 0 Å². The molecule has 0 saturated carbocycles. The van der Waals surface area contributed by atoms with Crippen molar-refractivity contribution in [2.75, 3.05) is 16.3 Å². The first-order chi connectivity index (χ1) is 16.8. The summed E-state index contributed by atoms with van der Waals surface area (Å²) >= 11 is 6.19. The molecule has 3 aromatic rings. The van der Waals surface area contributed by atoms with Crippen LogP contribution in [-0.2, 0) is 9.59 Å². The average Bonchev–Trinajstić information content (AvgIpc) is 3.34. The highest BCUT2D eigenvalue weighted by molar-refractivity contribution is 6.34. The number of esters is 1. The first-order valence-corrected chi connectivity index (χ1v) is 11.5. The molecule has 176 valence electrons. The van der Waals surface area contributed by atoms with Gasteiger partial charge < -0.3 is 9.64 Å². The number of fused-ring (bicyclic) bond motifs is 1.